The highest BCUT2D eigenvalue weighted by molar-refractivity contribution is 6.98. The fourth-order valence-corrected chi connectivity index (χ4v) is 12.8. The largest absolute Gasteiger partial charge is 0.458 e. The summed E-state index contributed by atoms with van der Waals surface area (Å²) in [4.78, 5) is 0. The molecule has 0 amide bonds. The molecule has 4 aliphatic heterocycles. The molecule has 0 saturated carbocycles. The summed E-state index contributed by atoms with van der Waals surface area (Å²) < 4.78 is 462. The Kier molecular flexibility index (Phi) is 5.35. The van der Waals surface area contributed by atoms with Gasteiger partial charge in [0, 0.05) is 86.8 Å². The van der Waals surface area contributed by atoms with E-state index in [4.69, 9.17) is 86.7 Å². The van der Waals surface area contributed by atoms with Crippen LogP contribution in [0.25, 0.3) is 93.6 Å². The summed E-state index contributed by atoms with van der Waals surface area (Å²) in [6, 6.07) is -34.5. The molecule has 95 heavy (non-hydrogen) atoms. The molecule has 0 radical (unpaired) electrons. The molecule has 3 aromatic heterocycles. The SMILES string of the molecule is [2HH].[2H]c1c([2H])c([2H])c2c(c1[2H])Cc1c-2c([2H])c([2H])c([2H])c1-n1c2c([2H])c([2H])c([2H])c([2H])c2c2c([2H])c([2H])c([2H])c([2H])c21.[2H]c1c([2H])c([2H])c2c(c1[2H])Oc1c([2H])c(-n3c4c([2H])c([2H])c([2H])c([2H])c4c4c([2H])c([2H])c([2H])c(-n5c6c([2H])c([2H])c([2H])c([2H])c6c6c([2H])c([2H])c([2H])c([2H])c65)c43)c([2H])c3c1B2c1c([2H])c([2H])c([2H])c([2H])c1O3.[2H]c1c([2H])c([2H])c2c(c1[2H])Oc1c([2H])c(Cl)c([2H])c3c1C2c1c([2H])c([2H])c([2H])c([2H])c1O3.[HH]. The molecule has 0 unspecified atom stereocenters. The van der Waals surface area contributed by atoms with E-state index in [2.05, 4.69) is 0 Å². The molecule has 0 fully saturated rings. The van der Waals surface area contributed by atoms with Crippen LogP contribution in [0.4, 0.5) is 0 Å². The number of fused-ring (bicyclic) bond motifs is 20. The Labute approximate surface area is 625 Å². The van der Waals surface area contributed by atoms with Crippen molar-refractivity contribution >= 4 is 100 Å². The first kappa shape index (κ1) is 24.2. The molecule has 0 spiro atoms. The maximum Gasteiger partial charge on any atom is 0.260 e. The Hall–Kier alpha value is -12.0. The Balaban J connectivity index is 0.000000159. The molecule has 450 valence electrons. The van der Waals surface area contributed by atoms with Crippen LogP contribution in [-0.2, 0) is 6.42 Å². The van der Waals surface area contributed by atoms with E-state index in [-0.39, 0.29) is 126 Å². The Morgan fingerprint density at radius 2 is 0.768 bits per heavy atom. The van der Waals surface area contributed by atoms with Crippen LogP contribution >= 0.6 is 11.6 Å². The first-order chi connectivity index (χ1) is 67.9. The van der Waals surface area contributed by atoms with E-state index in [9.17, 15) is 12.3 Å². The van der Waals surface area contributed by atoms with Gasteiger partial charge in [0.2, 0.25) is 0 Å². The summed E-state index contributed by atoms with van der Waals surface area (Å²) in [5.74, 6) is -4.65. The first-order valence-electron chi connectivity index (χ1n) is 53.3. The topological polar surface area (TPSA) is 51.7 Å². The molecule has 0 N–H and O–H groups in total. The van der Waals surface area contributed by atoms with Gasteiger partial charge in [-0.05, 0) is 112 Å². The first-order valence-corrected chi connectivity index (χ1v) is 28.7. The molecule has 5 aliphatic rings. The number of benzene rings is 14. The maximum absolute atomic E-state index is 10.0. The number of hydrogen-bond acceptors (Lipinski definition) is 4. The lowest BCUT2D eigenvalue weighted by atomic mass is 9.35. The summed E-state index contributed by atoms with van der Waals surface area (Å²) in [6.45, 7) is -1.66. The van der Waals surface area contributed by atoms with E-state index in [0.717, 1.165) is 13.7 Å². The quantitative estimate of drug-likeness (QED) is 0.165. The highest BCUT2D eigenvalue weighted by Crippen LogP contribution is 2.57. The van der Waals surface area contributed by atoms with Gasteiger partial charge in [0.05, 0.1) is 119 Å². The van der Waals surface area contributed by atoms with E-state index >= 15 is 0 Å². The number of aromatic nitrogens is 3. The van der Waals surface area contributed by atoms with E-state index in [1.807, 2.05) is 0 Å². The predicted molar refractivity (Wildman–Crippen MR) is 391 cm³/mol. The number of para-hydroxylation sites is 10. The zero-order valence-corrected chi connectivity index (χ0v) is 48.0. The highest BCUT2D eigenvalue weighted by Gasteiger charge is 2.41. The van der Waals surface area contributed by atoms with Gasteiger partial charge in [0.25, 0.3) is 6.71 Å². The third-order valence-corrected chi connectivity index (χ3v) is 16.6. The zero-order chi connectivity index (χ0) is 106. The Bertz CT molecular complexity index is 8820. The van der Waals surface area contributed by atoms with Crippen LogP contribution in [0.1, 0.15) is 105 Å². The van der Waals surface area contributed by atoms with Crippen LogP contribution in [0.15, 0.2) is 302 Å². The van der Waals surface area contributed by atoms with Crippen molar-refractivity contribution in [1.82, 2.24) is 13.7 Å². The maximum atomic E-state index is 10.0. The molecular formula is C86H57BClN3O4. The van der Waals surface area contributed by atoms with Gasteiger partial charge in [-0.15, -0.1) is 0 Å². The van der Waals surface area contributed by atoms with Crippen LogP contribution in [0.2, 0.25) is 5.02 Å². The van der Waals surface area contributed by atoms with Crippen LogP contribution in [-0.4, -0.2) is 20.4 Å². The predicted octanol–water partition coefficient (Wildman–Crippen LogP) is 21.2. The molecule has 22 rings (SSSR count). The van der Waals surface area contributed by atoms with Crippen LogP contribution in [0, 0.1) is 0 Å². The Morgan fingerprint density at radius 3 is 1.33 bits per heavy atom. The minimum absolute atomic E-state index is 0. The normalized spacial score (nSPS) is 20.5. The van der Waals surface area contributed by atoms with Crippen molar-refractivity contribution < 1.29 is 90.3 Å². The van der Waals surface area contributed by atoms with Crippen LogP contribution < -0.4 is 35.3 Å². The van der Waals surface area contributed by atoms with E-state index in [1.165, 1.54) is 0 Å². The summed E-state index contributed by atoms with van der Waals surface area (Å²) in [6.07, 6.45) is -0.216. The molecule has 0 atom stereocenters. The summed E-state index contributed by atoms with van der Waals surface area (Å²) in [5.41, 5.74) is -5.68. The van der Waals surface area contributed by atoms with Crippen molar-refractivity contribution in [2.75, 3.05) is 0 Å². The third kappa shape index (κ3) is 8.14. The second kappa shape index (κ2) is 21.0. The van der Waals surface area contributed by atoms with Crippen LogP contribution in [0.5, 0.6) is 46.0 Å². The fourth-order valence-electron chi connectivity index (χ4n) is 12.7. The minimum atomic E-state index is -1.66. The zero-order valence-electron chi connectivity index (χ0n) is 97.2. The summed E-state index contributed by atoms with van der Waals surface area (Å²) >= 11 is 6.14. The van der Waals surface area contributed by atoms with Gasteiger partial charge in [-0.25, -0.2) is 0 Å². The average molecular weight is 1290 g/mol. The third-order valence-electron chi connectivity index (χ3n) is 16.4. The van der Waals surface area contributed by atoms with Gasteiger partial charge < -0.3 is 32.6 Å². The minimum Gasteiger partial charge on any atom is -0.458 e. The number of halogens is 1. The standard InChI is InChI=1S/C42H25BN2O2.C25H17N.C19H11ClO2.2H2/c1-7-19-34-27(12-1)28-13-2-8-20-35(28)45(34)36-21-11-15-30-29-14-3-6-18-33(29)44(42(30)36)26-24-39-41-40(25-26)47-38-23-10-5-17-32(38)43(41)31-16-4-9-22-37(31)46-39;1-2-9-18-17(8-1)16-22-19(18)12-7-15-25(22)26-23-13-5-3-10-20(23)21-11-4-6-14-24(21)26;20-11-9-16-19-17(10-11)22-15-8-4-2-6-13(15)18(19)12-5-1-3-7-14(12)21-16;;/h1-25H;1-15H,16H2;1-10,18H;2*1H/i1D,2D,3D,4D,5D,6D,7D,8D,9D,10D,11D,12D,13D,14D,15D,16D,17D,18D,19D,20D,21D,22D,23D,24D,25D;1D,2D,3D,4D,5D,6D,7D,8D,9D,10D,11D,12D,13D,14D,15D;1D,2D,3D,4D,5D,6D,7D,8D,9D,10D;1+1;. The fraction of sp³-hybridized carbons (Fsp3) is 0.0233. The lowest BCUT2D eigenvalue weighted by molar-refractivity contribution is 0.410. The molecule has 0 saturated heterocycles. The van der Waals surface area contributed by atoms with Gasteiger partial charge >= 0.3 is 0 Å². The molecular weight excluding hydrogens is 1190 g/mol. The smallest absolute Gasteiger partial charge is 0.260 e. The van der Waals surface area contributed by atoms with E-state index in [0.29, 0.717) is 0 Å². The monoisotopic (exact) mass is 1290 g/mol. The van der Waals surface area contributed by atoms with Gasteiger partial charge in [0.15, 0.2) is 0 Å². The number of ether oxygens (including phenoxy) is 4. The van der Waals surface area contributed by atoms with Gasteiger partial charge in [-0.3, -0.25) is 0 Å². The van der Waals surface area contributed by atoms with E-state index in [1.54, 1.807) is 0 Å². The lowest BCUT2D eigenvalue weighted by Crippen LogP contribution is -2.57. The average Bonchev–Trinajstić information content (AvgIpc) is 1.57. The second-order valence-corrected chi connectivity index (χ2v) is 21.6. The lowest BCUT2D eigenvalue weighted by Gasteiger charge is -2.34. The summed E-state index contributed by atoms with van der Waals surface area (Å²) in [7, 11) is 0. The van der Waals surface area contributed by atoms with Crippen molar-refractivity contribution in [1.29, 1.82) is 0 Å². The van der Waals surface area contributed by atoms with Crippen molar-refractivity contribution in [3.05, 3.63) is 335 Å². The summed E-state index contributed by atoms with van der Waals surface area (Å²) in [5, 5.41) is -2.85. The molecule has 1 aliphatic carbocycles. The van der Waals surface area contributed by atoms with E-state index < -0.39 is 387 Å². The van der Waals surface area contributed by atoms with Crippen molar-refractivity contribution in [2.45, 2.75) is 12.3 Å². The van der Waals surface area contributed by atoms with Gasteiger partial charge in [-0.1, -0.05) is 223 Å². The number of rotatable bonds is 3. The molecule has 9 heteroatoms. The van der Waals surface area contributed by atoms with Crippen molar-refractivity contribution in [3.63, 3.8) is 0 Å². The van der Waals surface area contributed by atoms with Crippen LogP contribution in [0.3, 0.4) is 0 Å². The van der Waals surface area contributed by atoms with Crippen molar-refractivity contribution in [3.8, 4) is 74.2 Å². The molecule has 17 aromatic rings. The van der Waals surface area contributed by atoms with Gasteiger partial charge in [-0.2, -0.15) is 0 Å². The molecule has 7 heterocycles. The molecule has 7 nitrogen and oxygen atoms in total. The Morgan fingerprint density at radius 1 is 0.368 bits per heavy atom. The second-order valence-electron chi connectivity index (χ2n) is 21.2. The van der Waals surface area contributed by atoms with Crippen molar-refractivity contribution in [2.24, 2.45) is 0 Å². The molecule has 0 bridgehead atoms. The number of hydrogen-bond donors (Lipinski definition) is 0. The number of nitrogens with zero attached hydrogens (tertiary/aromatic N) is 3. The molecule has 14 aromatic carbocycles. The van der Waals surface area contributed by atoms with Gasteiger partial charge in [0.1, 0.15) is 46.0 Å². The highest BCUT2D eigenvalue weighted by atomic mass is 35.5.